The molecule has 0 aliphatic carbocycles. The number of aromatic amines is 1. The van der Waals surface area contributed by atoms with Gasteiger partial charge in [-0.05, 0) is 15.9 Å². The highest BCUT2D eigenvalue weighted by Crippen LogP contribution is 2.33. The van der Waals surface area contributed by atoms with E-state index < -0.39 is 53.7 Å². The molecule has 2 rings (SSSR count). The number of hydrogen-bond acceptors (Lipinski definition) is 9. The van der Waals surface area contributed by atoms with E-state index in [1.807, 2.05) is 0 Å². The van der Waals surface area contributed by atoms with Crippen LogP contribution in [0.2, 0.25) is 0 Å². The van der Waals surface area contributed by atoms with E-state index in [1.165, 1.54) is 6.92 Å². The minimum absolute atomic E-state index is 0.0275. The summed E-state index contributed by atoms with van der Waals surface area (Å²) in [5, 5.41) is 0. The summed E-state index contributed by atoms with van der Waals surface area (Å²) >= 11 is 3.00. The highest BCUT2D eigenvalue weighted by atomic mass is 79.9. The fourth-order valence-corrected chi connectivity index (χ4v) is 2.89. The Bertz CT molecular complexity index is 862. The van der Waals surface area contributed by atoms with Gasteiger partial charge in [-0.3, -0.25) is 28.7 Å². The van der Waals surface area contributed by atoms with Crippen molar-refractivity contribution >= 4 is 33.8 Å². The quantitative estimate of drug-likeness (QED) is 0.470. The van der Waals surface area contributed by atoms with Crippen molar-refractivity contribution in [3.63, 3.8) is 0 Å². The first-order chi connectivity index (χ1) is 12.6. The molecule has 0 radical (unpaired) electrons. The van der Waals surface area contributed by atoms with E-state index >= 15 is 0 Å². The predicted octanol–water partition coefficient (Wildman–Crippen LogP) is -0.377. The minimum Gasteiger partial charge on any atom is -0.463 e. The van der Waals surface area contributed by atoms with Gasteiger partial charge in [0.1, 0.15) is 12.7 Å². The summed E-state index contributed by atoms with van der Waals surface area (Å²) < 4.78 is 22.0. The van der Waals surface area contributed by atoms with Crippen LogP contribution in [0.25, 0.3) is 0 Å². The average molecular weight is 449 g/mol. The number of ether oxygens (including phenoxy) is 4. The molecule has 1 aromatic rings. The van der Waals surface area contributed by atoms with E-state index in [0.717, 1.165) is 24.6 Å². The van der Waals surface area contributed by atoms with Crippen molar-refractivity contribution in [3.05, 3.63) is 31.5 Å². The summed E-state index contributed by atoms with van der Waals surface area (Å²) in [7, 11) is 0. The van der Waals surface area contributed by atoms with Gasteiger partial charge in [0.25, 0.3) is 5.56 Å². The molecule has 148 valence electrons. The van der Waals surface area contributed by atoms with E-state index in [1.54, 1.807) is 0 Å². The lowest BCUT2D eigenvalue weighted by atomic mass is 10.1. The molecule has 1 aromatic heterocycles. The molecule has 27 heavy (non-hydrogen) atoms. The molecule has 1 fully saturated rings. The topological polar surface area (TPSA) is 143 Å². The van der Waals surface area contributed by atoms with Gasteiger partial charge in [0.15, 0.2) is 18.4 Å². The Morgan fingerprint density at radius 1 is 1.11 bits per heavy atom. The van der Waals surface area contributed by atoms with Crippen LogP contribution in [0.15, 0.2) is 20.3 Å². The van der Waals surface area contributed by atoms with Crippen LogP contribution < -0.4 is 11.2 Å². The molecular weight excluding hydrogens is 432 g/mol. The van der Waals surface area contributed by atoms with Gasteiger partial charge in [-0.25, -0.2) is 4.79 Å². The maximum atomic E-state index is 12.2. The van der Waals surface area contributed by atoms with Crippen molar-refractivity contribution in [1.82, 2.24) is 9.55 Å². The summed E-state index contributed by atoms with van der Waals surface area (Å²) in [6.07, 6.45) is -3.46. The van der Waals surface area contributed by atoms with E-state index in [4.69, 9.17) is 18.9 Å². The van der Waals surface area contributed by atoms with Crippen LogP contribution in [0.3, 0.4) is 0 Å². The standard InChI is InChI=1S/C15H17BrN2O9/c1-6(19)24-5-10-11(25-7(2)20)12(26-8(3)21)14(27-10)18-4-9(16)13(22)17-15(18)23/h4,10-12,14H,5H2,1-3H3,(H,17,22,23)/t10-,11+,12?,14-/m1/s1. The fourth-order valence-electron chi connectivity index (χ4n) is 2.57. The second-order valence-electron chi connectivity index (χ2n) is 5.66. The van der Waals surface area contributed by atoms with Gasteiger partial charge >= 0.3 is 23.6 Å². The first-order valence-electron chi connectivity index (χ1n) is 7.74. The number of H-pyrrole nitrogens is 1. The zero-order valence-electron chi connectivity index (χ0n) is 14.6. The highest BCUT2D eigenvalue weighted by molar-refractivity contribution is 9.10. The summed E-state index contributed by atoms with van der Waals surface area (Å²) in [5.74, 6) is -2.00. The molecule has 1 saturated heterocycles. The molecule has 1 unspecified atom stereocenters. The fraction of sp³-hybridized carbons (Fsp3) is 0.533. The van der Waals surface area contributed by atoms with E-state index in [0.29, 0.717) is 0 Å². The number of nitrogens with zero attached hydrogens (tertiary/aromatic N) is 1. The molecule has 1 N–H and O–H groups in total. The molecule has 1 aliphatic heterocycles. The Kier molecular flexibility index (Phi) is 6.54. The van der Waals surface area contributed by atoms with Crippen LogP contribution in [0.5, 0.6) is 0 Å². The van der Waals surface area contributed by atoms with Crippen LogP contribution in [-0.4, -0.2) is 52.4 Å². The largest absolute Gasteiger partial charge is 0.463 e. The van der Waals surface area contributed by atoms with Crippen LogP contribution >= 0.6 is 15.9 Å². The molecule has 0 spiro atoms. The van der Waals surface area contributed by atoms with Crippen molar-refractivity contribution < 1.29 is 33.3 Å². The molecule has 4 atom stereocenters. The first kappa shape index (κ1) is 20.8. The maximum Gasteiger partial charge on any atom is 0.330 e. The minimum atomic E-state index is -1.24. The van der Waals surface area contributed by atoms with Gasteiger partial charge < -0.3 is 18.9 Å². The monoisotopic (exact) mass is 448 g/mol. The predicted molar refractivity (Wildman–Crippen MR) is 90.7 cm³/mol. The van der Waals surface area contributed by atoms with Gasteiger partial charge in [0.05, 0.1) is 4.47 Å². The molecule has 0 bridgehead atoms. The zero-order valence-corrected chi connectivity index (χ0v) is 16.2. The number of aromatic nitrogens is 2. The molecular formula is C15H17BrN2O9. The summed E-state index contributed by atoms with van der Waals surface area (Å²) in [5.41, 5.74) is -1.49. The van der Waals surface area contributed by atoms with E-state index in [9.17, 15) is 24.0 Å². The number of rotatable bonds is 5. The molecule has 12 heteroatoms. The third-order valence-corrected chi connectivity index (χ3v) is 4.10. The SMILES string of the molecule is CC(=O)OC[C@H]1O[C@@H](n2cc(Br)c(=O)[nH]c2=O)C(OC(C)=O)[C@H]1OC(C)=O. The molecule has 0 saturated carbocycles. The van der Waals surface area contributed by atoms with Crippen molar-refractivity contribution in [3.8, 4) is 0 Å². The lowest BCUT2D eigenvalue weighted by molar-refractivity contribution is -0.166. The molecule has 0 amide bonds. The van der Waals surface area contributed by atoms with Crippen LogP contribution in [0.1, 0.15) is 27.0 Å². The number of esters is 3. The third kappa shape index (κ3) is 5.04. The third-order valence-electron chi connectivity index (χ3n) is 3.54. The second kappa shape index (κ2) is 8.48. The molecule has 2 heterocycles. The van der Waals surface area contributed by atoms with E-state index in [2.05, 4.69) is 20.9 Å². The Balaban J connectivity index is 2.47. The Labute approximate surface area is 160 Å². The van der Waals surface area contributed by atoms with Crippen LogP contribution in [0.4, 0.5) is 0 Å². The molecule has 1 aliphatic rings. The lowest BCUT2D eigenvalue weighted by Crippen LogP contribution is -2.42. The molecule has 11 nitrogen and oxygen atoms in total. The van der Waals surface area contributed by atoms with Crippen molar-refractivity contribution in [1.29, 1.82) is 0 Å². The van der Waals surface area contributed by atoms with Gasteiger partial charge in [-0.1, -0.05) is 0 Å². The number of nitrogens with one attached hydrogen (secondary N) is 1. The number of carbonyl (C=O) groups is 3. The number of hydrogen-bond donors (Lipinski definition) is 1. The Morgan fingerprint density at radius 2 is 1.70 bits per heavy atom. The van der Waals surface area contributed by atoms with E-state index in [-0.39, 0.29) is 11.1 Å². The van der Waals surface area contributed by atoms with Crippen LogP contribution in [0, 0.1) is 0 Å². The van der Waals surface area contributed by atoms with Crippen molar-refractivity contribution in [2.45, 2.75) is 45.3 Å². The van der Waals surface area contributed by atoms with Gasteiger partial charge in [-0.15, -0.1) is 0 Å². The first-order valence-corrected chi connectivity index (χ1v) is 8.53. The van der Waals surface area contributed by atoms with Gasteiger partial charge in [-0.2, -0.15) is 0 Å². The Hall–Kier alpha value is -2.47. The van der Waals surface area contributed by atoms with Gasteiger partial charge in [0.2, 0.25) is 0 Å². The normalized spacial score (nSPS) is 24.3. The lowest BCUT2D eigenvalue weighted by Gasteiger charge is -2.23. The summed E-state index contributed by atoms with van der Waals surface area (Å²) in [6, 6.07) is 0. The zero-order chi connectivity index (χ0) is 20.3. The second-order valence-corrected chi connectivity index (χ2v) is 6.51. The highest BCUT2D eigenvalue weighted by Gasteiger charge is 2.51. The van der Waals surface area contributed by atoms with Crippen LogP contribution in [-0.2, 0) is 33.3 Å². The number of halogens is 1. The summed E-state index contributed by atoms with van der Waals surface area (Å²) in [6.45, 7) is 3.15. The number of carbonyl (C=O) groups excluding carboxylic acids is 3. The van der Waals surface area contributed by atoms with Crippen molar-refractivity contribution in [2.24, 2.45) is 0 Å². The maximum absolute atomic E-state index is 12.2. The van der Waals surface area contributed by atoms with Crippen molar-refractivity contribution in [2.75, 3.05) is 6.61 Å². The Morgan fingerprint density at radius 3 is 2.26 bits per heavy atom. The molecule has 0 aromatic carbocycles. The smallest absolute Gasteiger partial charge is 0.330 e. The summed E-state index contributed by atoms with van der Waals surface area (Å²) in [4.78, 5) is 59.9. The van der Waals surface area contributed by atoms with Gasteiger partial charge in [0, 0.05) is 27.0 Å². The average Bonchev–Trinajstić information content (AvgIpc) is 2.85.